The standard InChI is InChI=1S/C21H22F2N2O3S/c22-21(23)28-19-8-6-16-13-20(9-7-15(16)12-19)29(26,27)25-11-10-18(14-25)24-17-4-2-1-3-5-17/h1-6,8,12-13,18,21,24H,7,9-11,14H2. The topological polar surface area (TPSA) is 58.6 Å². The zero-order valence-electron chi connectivity index (χ0n) is 15.7. The van der Waals surface area contributed by atoms with Crippen LogP contribution in [0, 0.1) is 0 Å². The second kappa shape index (κ2) is 8.12. The third kappa shape index (κ3) is 4.43. The van der Waals surface area contributed by atoms with E-state index >= 15 is 0 Å². The number of fused-ring (bicyclic) bond motifs is 1. The summed E-state index contributed by atoms with van der Waals surface area (Å²) < 4.78 is 57.0. The Bertz CT molecular complexity index is 1010. The fraction of sp³-hybridized carbons (Fsp3) is 0.333. The molecule has 1 aliphatic carbocycles. The minimum Gasteiger partial charge on any atom is -0.435 e. The first-order chi connectivity index (χ1) is 13.9. The Balaban J connectivity index is 1.47. The second-order valence-corrected chi connectivity index (χ2v) is 9.20. The normalized spacial score (nSPS) is 19.7. The van der Waals surface area contributed by atoms with Crippen molar-refractivity contribution in [2.75, 3.05) is 18.4 Å². The molecule has 0 saturated carbocycles. The first-order valence-electron chi connectivity index (χ1n) is 9.52. The molecule has 1 heterocycles. The minimum atomic E-state index is -3.56. The third-order valence-electron chi connectivity index (χ3n) is 5.26. The number of sulfonamides is 1. The van der Waals surface area contributed by atoms with Gasteiger partial charge in [0.1, 0.15) is 5.75 Å². The predicted molar refractivity (Wildman–Crippen MR) is 108 cm³/mol. The molecule has 0 amide bonds. The SMILES string of the molecule is O=S(=O)(C1=Cc2ccc(OC(F)F)cc2CC1)N1CCC(Nc2ccccc2)C1. The summed E-state index contributed by atoms with van der Waals surface area (Å²) >= 11 is 0. The highest BCUT2D eigenvalue weighted by Crippen LogP contribution is 2.33. The average molecular weight is 420 g/mol. The van der Waals surface area contributed by atoms with Crippen molar-refractivity contribution in [2.45, 2.75) is 31.9 Å². The highest BCUT2D eigenvalue weighted by Gasteiger charge is 2.34. The highest BCUT2D eigenvalue weighted by atomic mass is 32.2. The number of hydrogen-bond acceptors (Lipinski definition) is 4. The first-order valence-corrected chi connectivity index (χ1v) is 11.0. The molecule has 0 aromatic heterocycles. The van der Waals surface area contributed by atoms with Crippen molar-refractivity contribution in [3.05, 3.63) is 64.6 Å². The molecule has 8 heteroatoms. The predicted octanol–water partition coefficient (Wildman–Crippen LogP) is 4.09. The molecule has 2 aliphatic rings. The summed E-state index contributed by atoms with van der Waals surface area (Å²) in [4.78, 5) is 0.368. The monoisotopic (exact) mass is 420 g/mol. The van der Waals surface area contributed by atoms with Crippen molar-refractivity contribution in [2.24, 2.45) is 0 Å². The molecule has 29 heavy (non-hydrogen) atoms. The van der Waals surface area contributed by atoms with E-state index < -0.39 is 16.6 Å². The molecule has 1 aliphatic heterocycles. The van der Waals surface area contributed by atoms with Crippen LogP contribution in [0.5, 0.6) is 5.75 Å². The van der Waals surface area contributed by atoms with E-state index in [9.17, 15) is 17.2 Å². The molecular formula is C21H22F2N2O3S. The Morgan fingerprint density at radius 3 is 2.66 bits per heavy atom. The Kier molecular flexibility index (Phi) is 5.56. The molecule has 0 bridgehead atoms. The number of nitrogens with one attached hydrogen (secondary N) is 1. The van der Waals surface area contributed by atoms with Gasteiger partial charge >= 0.3 is 6.61 Å². The second-order valence-electron chi connectivity index (χ2n) is 7.21. The van der Waals surface area contributed by atoms with Crippen molar-refractivity contribution in [3.8, 4) is 5.75 Å². The van der Waals surface area contributed by atoms with Gasteiger partial charge in [-0.25, -0.2) is 8.42 Å². The highest BCUT2D eigenvalue weighted by molar-refractivity contribution is 7.93. The summed E-state index contributed by atoms with van der Waals surface area (Å²) in [6, 6.07) is 14.4. The molecule has 1 atom stereocenters. The molecule has 2 aromatic rings. The van der Waals surface area contributed by atoms with Crippen LogP contribution in [0.1, 0.15) is 24.0 Å². The maximum Gasteiger partial charge on any atom is 0.387 e. The smallest absolute Gasteiger partial charge is 0.387 e. The van der Waals surface area contributed by atoms with Crippen LogP contribution in [0.2, 0.25) is 0 Å². The Labute approximate surface area is 169 Å². The van der Waals surface area contributed by atoms with Crippen molar-refractivity contribution in [1.82, 2.24) is 4.31 Å². The Hall–Kier alpha value is -2.45. The van der Waals surface area contributed by atoms with Crippen LogP contribution in [-0.4, -0.2) is 38.5 Å². The number of halogens is 2. The van der Waals surface area contributed by atoms with Crippen LogP contribution in [0.3, 0.4) is 0 Å². The maximum absolute atomic E-state index is 13.1. The third-order valence-corrected chi connectivity index (χ3v) is 7.26. The zero-order valence-corrected chi connectivity index (χ0v) is 16.5. The van der Waals surface area contributed by atoms with Gasteiger partial charge in [-0.05, 0) is 60.7 Å². The first kappa shape index (κ1) is 19.8. The molecule has 4 rings (SSSR count). The molecule has 1 fully saturated rings. The van der Waals surface area contributed by atoms with Crippen LogP contribution < -0.4 is 10.1 Å². The van der Waals surface area contributed by atoms with E-state index in [1.807, 2.05) is 30.3 Å². The molecular weight excluding hydrogens is 398 g/mol. The lowest BCUT2D eigenvalue weighted by molar-refractivity contribution is -0.0498. The van der Waals surface area contributed by atoms with Crippen molar-refractivity contribution in [3.63, 3.8) is 0 Å². The maximum atomic E-state index is 13.1. The number of ether oxygens (including phenoxy) is 1. The summed E-state index contributed by atoms with van der Waals surface area (Å²) in [6.07, 6.45) is 3.21. The lowest BCUT2D eigenvalue weighted by atomic mass is 9.97. The number of benzene rings is 2. The van der Waals surface area contributed by atoms with Crippen LogP contribution in [0.15, 0.2) is 53.4 Å². The molecule has 1 N–H and O–H groups in total. The fourth-order valence-corrected chi connectivity index (χ4v) is 5.51. The van der Waals surface area contributed by atoms with E-state index in [0.29, 0.717) is 30.8 Å². The van der Waals surface area contributed by atoms with Gasteiger partial charge in [0.2, 0.25) is 10.0 Å². The van der Waals surface area contributed by atoms with Gasteiger partial charge in [0.05, 0.1) is 4.91 Å². The van der Waals surface area contributed by atoms with Gasteiger partial charge in [0.25, 0.3) is 0 Å². The van der Waals surface area contributed by atoms with E-state index in [1.165, 1.54) is 10.4 Å². The number of aryl methyl sites for hydroxylation is 1. The van der Waals surface area contributed by atoms with Gasteiger partial charge in [-0.2, -0.15) is 13.1 Å². The summed E-state index contributed by atoms with van der Waals surface area (Å²) in [5.41, 5.74) is 2.52. The van der Waals surface area contributed by atoms with Gasteiger partial charge in [-0.1, -0.05) is 24.3 Å². The van der Waals surface area contributed by atoms with Crippen molar-refractivity contribution in [1.29, 1.82) is 0 Å². The van der Waals surface area contributed by atoms with E-state index in [4.69, 9.17) is 0 Å². The zero-order chi connectivity index (χ0) is 20.4. The van der Waals surface area contributed by atoms with Crippen molar-refractivity contribution >= 4 is 21.8 Å². The van der Waals surface area contributed by atoms with Gasteiger partial charge in [0.15, 0.2) is 0 Å². The number of para-hydroxylation sites is 1. The molecule has 0 spiro atoms. The minimum absolute atomic E-state index is 0.0673. The van der Waals surface area contributed by atoms with Crippen LogP contribution in [0.25, 0.3) is 6.08 Å². The van der Waals surface area contributed by atoms with E-state index in [1.54, 1.807) is 18.2 Å². The van der Waals surface area contributed by atoms with Gasteiger partial charge in [-0.3, -0.25) is 0 Å². The summed E-state index contributed by atoms with van der Waals surface area (Å²) in [7, 11) is -3.56. The van der Waals surface area contributed by atoms with E-state index in [-0.39, 0.29) is 11.8 Å². The largest absolute Gasteiger partial charge is 0.435 e. The molecule has 2 aromatic carbocycles. The number of allylic oxidation sites excluding steroid dienone is 1. The quantitative estimate of drug-likeness (QED) is 0.765. The number of anilines is 1. The Morgan fingerprint density at radius 2 is 1.90 bits per heavy atom. The van der Waals surface area contributed by atoms with Gasteiger partial charge < -0.3 is 10.1 Å². The van der Waals surface area contributed by atoms with Gasteiger partial charge in [-0.15, -0.1) is 0 Å². The van der Waals surface area contributed by atoms with E-state index in [0.717, 1.165) is 23.2 Å². The molecule has 1 unspecified atom stereocenters. The van der Waals surface area contributed by atoms with E-state index in [2.05, 4.69) is 10.1 Å². The molecule has 5 nitrogen and oxygen atoms in total. The lowest BCUT2D eigenvalue weighted by Crippen LogP contribution is -2.33. The number of rotatable bonds is 6. The summed E-state index contributed by atoms with van der Waals surface area (Å²) in [5, 5.41) is 3.38. The molecule has 154 valence electrons. The summed E-state index contributed by atoms with van der Waals surface area (Å²) in [6.45, 7) is -1.99. The summed E-state index contributed by atoms with van der Waals surface area (Å²) in [5.74, 6) is 0.0906. The van der Waals surface area contributed by atoms with Gasteiger partial charge in [0, 0.05) is 24.8 Å². The average Bonchev–Trinajstić information content (AvgIpc) is 3.17. The van der Waals surface area contributed by atoms with Crippen LogP contribution in [0.4, 0.5) is 14.5 Å². The number of hydrogen-bond donors (Lipinski definition) is 1. The van der Waals surface area contributed by atoms with Crippen molar-refractivity contribution < 1.29 is 21.9 Å². The van der Waals surface area contributed by atoms with Crippen LogP contribution >= 0.6 is 0 Å². The molecule has 0 radical (unpaired) electrons. The number of nitrogens with zero attached hydrogens (tertiary/aromatic N) is 1. The van der Waals surface area contributed by atoms with Crippen LogP contribution in [-0.2, 0) is 16.4 Å². The lowest BCUT2D eigenvalue weighted by Gasteiger charge is -2.23. The molecule has 1 saturated heterocycles. The number of alkyl halides is 2. The Morgan fingerprint density at radius 1 is 1.10 bits per heavy atom. The fourth-order valence-electron chi connectivity index (χ4n) is 3.82.